The predicted octanol–water partition coefficient (Wildman–Crippen LogP) is 1.90. The van der Waals surface area contributed by atoms with Crippen molar-refractivity contribution in [1.29, 1.82) is 0 Å². The van der Waals surface area contributed by atoms with Crippen LogP contribution in [0.15, 0.2) is 24.3 Å². The van der Waals surface area contributed by atoms with E-state index in [-0.39, 0.29) is 11.1 Å². The third-order valence-corrected chi connectivity index (χ3v) is 1.68. The molecule has 0 bridgehead atoms. The fourth-order valence-corrected chi connectivity index (χ4v) is 0.927. The molecular formula is C9H9F2NO. The maximum Gasteiger partial charge on any atom is 0.270 e. The number of halogens is 2. The molecule has 2 N–H and O–H groups in total. The second-order valence-electron chi connectivity index (χ2n) is 2.83. The molecule has 1 amide bonds. The molecule has 13 heavy (non-hydrogen) atoms. The second-order valence-corrected chi connectivity index (χ2v) is 2.83. The van der Waals surface area contributed by atoms with Gasteiger partial charge in [0.15, 0.2) is 0 Å². The Hall–Kier alpha value is -1.45. The number of hydrogen-bond acceptors (Lipinski definition) is 1. The van der Waals surface area contributed by atoms with Crippen LogP contribution in [0.1, 0.15) is 22.8 Å². The molecule has 0 radical (unpaired) electrons. The molecule has 1 aromatic rings. The zero-order valence-electron chi connectivity index (χ0n) is 7.05. The highest BCUT2D eigenvalue weighted by Crippen LogP contribution is 2.26. The van der Waals surface area contributed by atoms with E-state index in [2.05, 4.69) is 0 Å². The van der Waals surface area contributed by atoms with Crippen molar-refractivity contribution in [2.45, 2.75) is 12.8 Å². The number of alkyl halides is 2. The van der Waals surface area contributed by atoms with Gasteiger partial charge in [-0.1, -0.05) is 12.1 Å². The molecule has 1 aromatic carbocycles. The Morgan fingerprint density at radius 2 is 1.77 bits per heavy atom. The average Bonchev–Trinajstić information content (AvgIpc) is 2.03. The van der Waals surface area contributed by atoms with Crippen LogP contribution in [-0.2, 0) is 5.92 Å². The summed E-state index contributed by atoms with van der Waals surface area (Å²) >= 11 is 0. The Morgan fingerprint density at radius 1 is 1.31 bits per heavy atom. The normalized spacial score (nSPS) is 11.3. The predicted molar refractivity (Wildman–Crippen MR) is 44.5 cm³/mol. The van der Waals surface area contributed by atoms with Crippen molar-refractivity contribution in [3.8, 4) is 0 Å². The zero-order chi connectivity index (χ0) is 10.1. The molecule has 0 saturated carbocycles. The first-order valence-corrected chi connectivity index (χ1v) is 3.69. The van der Waals surface area contributed by atoms with E-state index in [4.69, 9.17) is 5.73 Å². The van der Waals surface area contributed by atoms with Crippen LogP contribution in [0, 0.1) is 0 Å². The van der Waals surface area contributed by atoms with Crippen molar-refractivity contribution < 1.29 is 13.6 Å². The molecule has 0 aliphatic rings. The van der Waals surface area contributed by atoms with E-state index < -0.39 is 11.8 Å². The molecule has 0 atom stereocenters. The molecule has 0 unspecified atom stereocenters. The number of rotatable bonds is 2. The van der Waals surface area contributed by atoms with Gasteiger partial charge in [0.25, 0.3) is 5.92 Å². The minimum Gasteiger partial charge on any atom is -0.366 e. The first-order valence-electron chi connectivity index (χ1n) is 3.69. The molecule has 4 heteroatoms. The minimum atomic E-state index is -2.88. The van der Waals surface area contributed by atoms with Crippen LogP contribution in [-0.4, -0.2) is 5.91 Å². The number of nitrogens with two attached hydrogens (primary N) is 1. The average molecular weight is 185 g/mol. The third-order valence-electron chi connectivity index (χ3n) is 1.68. The van der Waals surface area contributed by atoms with Crippen molar-refractivity contribution in [2.75, 3.05) is 0 Å². The summed E-state index contributed by atoms with van der Waals surface area (Å²) in [6.07, 6.45) is 0. The van der Waals surface area contributed by atoms with Gasteiger partial charge in [-0.25, -0.2) is 8.78 Å². The van der Waals surface area contributed by atoms with E-state index >= 15 is 0 Å². The lowest BCUT2D eigenvalue weighted by atomic mass is 10.1. The fraction of sp³-hybridized carbons (Fsp3) is 0.222. The van der Waals surface area contributed by atoms with Gasteiger partial charge in [0.1, 0.15) is 0 Å². The van der Waals surface area contributed by atoms with Crippen LogP contribution in [0.4, 0.5) is 8.78 Å². The molecule has 0 heterocycles. The van der Waals surface area contributed by atoms with Crippen molar-refractivity contribution in [3.63, 3.8) is 0 Å². The summed E-state index contributed by atoms with van der Waals surface area (Å²) in [4.78, 5) is 10.6. The highest BCUT2D eigenvalue weighted by Gasteiger charge is 2.23. The molecule has 0 aromatic heterocycles. The van der Waals surface area contributed by atoms with Gasteiger partial charge in [-0.15, -0.1) is 0 Å². The number of benzene rings is 1. The van der Waals surface area contributed by atoms with Gasteiger partial charge in [-0.3, -0.25) is 4.79 Å². The van der Waals surface area contributed by atoms with Gasteiger partial charge >= 0.3 is 0 Å². The molecule has 70 valence electrons. The zero-order valence-corrected chi connectivity index (χ0v) is 7.05. The largest absolute Gasteiger partial charge is 0.366 e. The lowest BCUT2D eigenvalue weighted by molar-refractivity contribution is 0.0174. The van der Waals surface area contributed by atoms with Crippen molar-refractivity contribution in [1.82, 2.24) is 0 Å². The van der Waals surface area contributed by atoms with Crippen LogP contribution in [0.2, 0.25) is 0 Å². The first-order chi connectivity index (χ1) is 5.91. The molecule has 0 aliphatic heterocycles. The van der Waals surface area contributed by atoms with E-state index in [0.717, 1.165) is 6.92 Å². The molecular weight excluding hydrogens is 176 g/mol. The molecule has 0 spiro atoms. The summed E-state index contributed by atoms with van der Waals surface area (Å²) < 4.78 is 25.3. The monoisotopic (exact) mass is 185 g/mol. The number of amides is 1. The Bertz CT molecular complexity index is 313. The van der Waals surface area contributed by atoms with Crippen LogP contribution < -0.4 is 5.73 Å². The summed E-state index contributed by atoms with van der Waals surface area (Å²) in [5.41, 5.74) is 5.05. The molecule has 0 fully saturated rings. The maximum atomic E-state index is 12.7. The van der Waals surface area contributed by atoms with Gasteiger partial charge < -0.3 is 5.73 Å². The second kappa shape index (κ2) is 3.12. The number of primary amides is 1. The summed E-state index contributed by atoms with van der Waals surface area (Å²) in [7, 11) is 0. The summed E-state index contributed by atoms with van der Waals surface area (Å²) in [5, 5.41) is 0. The van der Waals surface area contributed by atoms with E-state index in [9.17, 15) is 13.6 Å². The highest BCUT2D eigenvalue weighted by atomic mass is 19.3. The van der Waals surface area contributed by atoms with Crippen LogP contribution >= 0.6 is 0 Å². The van der Waals surface area contributed by atoms with E-state index in [0.29, 0.717) is 0 Å². The fourth-order valence-electron chi connectivity index (χ4n) is 0.927. The van der Waals surface area contributed by atoms with Crippen molar-refractivity contribution in [3.05, 3.63) is 35.4 Å². The van der Waals surface area contributed by atoms with Crippen molar-refractivity contribution >= 4 is 5.91 Å². The van der Waals surface area contributed by atoms with Gasteiger partial charge in [-0.05, 0) is 12.1 Å². The number of hydrogen-bond donors (Lipinski definition) is 1. The molecule has 2 nitrogen and oxygen atoms in total. The summed E-state index contributed by atoms with van der Waals surface area (Å²) in [6, 6.07) is 4.96. The van der Waals surface area contributed by atoms with Crippen LogP contribution in [0.3, 0.4) is 0 Å². The van der Waals surface area contributed by atoms with Crippen molar-refractivity contribution in [2.24, 2.45) is 5.73 Å². The Balaban J connectivity index is 3.01. The maximum absolute atomic E-state index is 12.7. The van der Waals surface area contributed by atoms with Gasteiger partial charge in [-0.2, -0.15) is 0 Å². The lowest BCUT2D eigenvalue weighted by Crippen LogP contribution is -2.12. The topological polar surface area (TPSA) is 43.1 Å². The van der Waals surface area contributed by atoms with E-state index in [1.807, 2.05) is 0 Å². The number of carbonyl (C=O) groups excluding carboxylic acids is 1. The smallest absolute Gasteiger partial charge is 0.270 e. The molecule has 0 saturated heterocycles. The Labute approximate surface area is 74.4 Å². The third kappa shape index (κ3) is 2.24. The standard InChI is InChI=1S/C9H9F2NO/c1-9(10,11)7-4-2-6(3-5-7)8(12)13/h2-5H,1H3,(H2,12,13). The van der Waals surface area contributed by atoms with Gasteiger partial charge in [0, 0.05) is 18.1 Å². The number of carbonyl (C=O) groups is 1. The van der Waals surface area contributed by atoms with E-state index in [1.54, 1.807) is 0 Å². The Morgan fingerprint density at radius 3 is 2.08 bits per heavy atom. The summed E-state index contributed by atoms with van der Waals surface area (Å²) in [6.45, 7) is 0.798. The minimum absolute atomic E-state index is 0.127. The highest BCUT2D eigenvalue weighted by molar-refractivity contribution is 5.92. The quantitative estimate of drug-likeness (QED) is 0.751. The molecule has 0 aliphatic carbocycles. The van der Waals surface area contributed by atoms with Gasteiger partial charge in [0.2, 0.25) is 5.91 Å². The first kappa shape index (κ1) is 9.64. The Kier molecular flexibility index (Phi) is 2.32. The molecule has 1 rings (SSSR count). The SMILES string of the molecule is CC(F)(F)c1ccc(C(N)=O)cc1. The lowest BCUT2D eigenvalue weighted by Gasteiger charge is -2.09. The van der Waals surface area contributed by atoms with Crippen LogP contribution in [0.25, 0.3) is 0 Å². The summed E-state index contributed by atoms with van der Waals surface area (Å²) in [5.74, 6) is -3.50. The van der Waals surface area contributed by atoms with E-state index in [1.165, 1.54) is 24.3 Å². The van der Waals surface area contributed by atoms with Crippen LogP contribution in [0.5, 0.6) is 0 Å². The van der Waals surface area contributed by atoms with Gasteiger partial charge in [0.05, 0.1) is 0 Å².